The Labute approximate surface area is 162 Å². The number of rotatable bonds is 7. The van der Waals surface area contributed by atoms with Gasteiger partial charge in [-0.2, -0.15) is 0 Å². The van der Waals surface area contributed by atoms with E-state index in [-0.39, 0.29) is 12.5 Å². The highest BCUT2D eigenvalue weighted by molar-refractivity contribution is 5.77. The maximum atomic E-state index is 12.0. The minimum absolute atomic E-state index is 0.0543. The molecular formula is C23H30N2O2. The molecule has 1 N–H and O–H groups in total. The highest BCUT2D eigenvalue weighted by Gasteiger charge is 2.09. The zero-order valence-electron chi connectivity index (χ0n) is 16.2. The summed E-state index contributed by atoms with van der Waals surface area (Å²) in [7, 11) is 0. The number of benzene rings is 2. The Kier molecular flexibility index (Phi) is 7.14. The minimum atomic E-state index is -0.0839. The van der Waals surface area contributed by atoms with Crippen molar-refractivity contribution in [3.8, 4) is 5.75 Å². The van der Waals surface area contributed by atoms with E-state index in [1.54, 1.807) is 0 Å². The van der Waals surface area contributed by atoms with Crippen molar-refractivity contribution in [3.05, 3.63) is 59.7 Å². The van der Waals surface area contributed by atoms with E-state index in [1.807, 2.05) is 31.2 Å². The van der Waals surface area contributed by atoms with Crippen LogP contribution in [0, 0.1) is 6.92 Å². The van der Waals surface area contributed by atoms with Gasteiger partial charge in [0.2, 0.25) is 0 Å². The number of amides is 1. The summed E-state index contributed by atoms with van der Waals surface area (Å²) in [6, 6.07) is 16.5. The first-order chi connectivity index (χ1) is 13.2. The molecule has 1 aliphatic heterocycles. The fourth-order valence-corrected chi connectivity index (χ4v) is 3.46. The van der Waals surface area contributed by atoms with E-state index in [0.29, 0.717) is 6.54 Å². The molecule has 0 radical (unpaired) electrons. The van der Waals surface area contributed by atoms with Gasteiger partial charge in [-0.3, -0.25) is 4.79 Å². The third kappa shape index (κ3) is 6.02. The van der Waals surface area contributed by atoms with Crippen LogP contribution in [0.5, 0.6) is 5.75 Å². The zero-order valence-corrected chi connectivity index (χ0v) is 16.2. The van der Waals surface area contributed by atoms with Gasteiger partial charge in [0.1, 0.15) is 5.75 Å². The molecule has 2 aromatic carbocycles. The summed E-state index contributed by atoms with van der Waals surface area (Å²) in [6.07, 6.45) is 6.11. The Bertz CT molecular complexity index is 719. The quantitative estimate of drug-likeness (QED) is 0.802. The smallest absolute Gasteiger partial charge is 0.257 e. The Morgan fingerprint density at radius 3 is 2.41 bits per heavy atom. The fraction of sp³-hybridized carbons (Fsp3) is 0.435. The zero-order chi connectivity index (χ0) is 18.9. The monoisotopic (exact) mass is 366 g/mol. The van der Waals surface area contributed by atoms with Crippen molar-refractivity contribution in [2.45, 2.75) is 39.0 Å². The molecule has 3 rings (SSSR count). The number of carbonyl (C=O) groups is 1. The van der Waals surface area contributed by atoms with Crippen molar-refractivity contribution >= 4 is 11.6 Å². The second kappa shape index (κ2) is 10.0. The van der Waals surface area contributed by atoms with Crippen LogP contribution in [-0.2, 0) is 11.2 Å². The van der Waals surface area contributed by atoms with Crippen molar-refractivity contribution in [3.63, 3.8) is 0 Å². The summed E-state index contributed by atoms with van der Waals surface area (Å²) >= 11 is 0. The van der Waals surface area contributed by atoms with E-state index in [2.05, 4.69) is 34.5 Å². The molecule has 4 nitrogen and oxygen atoms in total. The SMILES string of the molecule is Cc1ccccc1OCC(=O)NCCc1ccc(N2CCCCCC2)cc1. The lowest BCUT2D eigenvalue weighted by Crippen LogP contribution is -2.30. The molecule has 1 heterocycles. The summed E-state index contributed by atoms with van der Waals surface area (Å²) in [4.78, 5) is 14.5. The molecule has 0 spiro atoms. The topological polar surface area (TPSA) is 41.6 Å². The van der Waals surface area contributed by atoms with Crippen molar-refractivity contribution in [1.82, 2.24) is 5.32 Å². The van der Waals surface area contributed by atoms with Crippen LogP contribution in [0.15, 0.2) is 48.5 Å². The van der Waals surface area contributed by atoms with Gasteiger partial charge in [0.05, 0.1) is 0 Å². The number of hydrogen-bond acceptors (Lipinski definition) is 3. The van der Waals surface area contributed by atoms with Crippen LogP contribution in [-0.4, -0.2) is 32.1 Å². The van der Waals surface area contributed by atoms with E-state index in [1.165, 1.54) is 36.9 Å². The third-order valence-corrected chi connectivity index (χ3v) is 5.10. The second-order valence-corrected chi connectivity index (χ2v) is 7.22. The molecule has 0 aromatic heterocycles. The number of nitrogens with zero attached hydrogens (tertiary/aromatic N) is 1. The van der Waals surface area contributed by atoms with Gasteiger partial charge in [-0.15, -0.1) is 0 Å². The van der Waals surface area contributed by atoms with Crippen LogP contribution in [0.2, 0.25) is 0 Å². The van der Waals surface area contributed by atoms with Crippen LogP contribution in [0.4, 0.5) is 5.69 Å². The number of nitrogens with one attached hydrogen (secondary N) is 1. The van der Waals surface area contributed by atoms with Gasteiger partial charge in [-0.25, -0.2) is 0 Å². The molecule has 1 amide bonds. The average molecular weight is 367 g/mol. The van der Waals surface area contributed by atoms with Crippen LogP contribution >= 0.6 is 0 Å². The van der Waals surface area contributed by atoms with E-state index < -0.39 is 0 Å². The normalized spacial score (nSPS) is 14.5. The molecule has 0 unspecified atom stereocenters. The molecule has 0 atom stereocenters. The number of anilines is 1. The fourth-order valence-electron chi connectivity index (χ4n) is 3.46. The summed E-state index contributed by atoms with van der Waals surface area (Å²) in [5.41, 5.74) is 3.60. The maximum absolute atomic E-state index is 12.0. The van der Waals surface area contributed by atoms with E-state index >= 15 is 0 Å². The molecule has 2 aromatic rings. The summed E-state index contributed by atoms with van der Waals surface area (Å²) in [5.74, 6) is 0.677. The standard InChI is InChI=1S/C23H30N2O2/c1-19-8-4-5-9-22(19)27-18-23(26)24-15-14-20-10-12-21(13-11-20)25-16-6-2-3-7-17-25/h4-5,8-13H,2-3,6-7,14-18H2,1H3,(H,24,26). The number of para-hydroxylation sites is 1. The van der Waals surface area contributed by atoms with E-state index in [9.17, 15) is 4.79 Å². The Balaban J connectivity index is 1.39. The highest BCUT2D eigenvalue weighted by atomic mass is 16.5. The van der Waals surface area contributed by atoms with Crippen LogP contribution in [0.3, 0.4) is 0 Å². The third-order valence-electron chi connectivity index (χ3n) is 5.10. The Morgan fingerprint density at radius 1 is 1.00 bits per heavy atom. The Hall–Kier alpha value is -2.49. The first-order valence-electron chi connectivity index (χ1n) is 10.0. The second-order valence-electron chi connectivity index (χ2n) is 7.22. The van der Waals surface area contributed by atoms with Gasteiger partial charge in [-0.05, 0) is 55.5 Å². The van der Waals surface area contributed by atoms with Gasteiger partial charge < -0.3 is 15.0 Å². The van der Waals surface area contributed by atoms with Gasteiger partial charge in [0.25, 0.3) is 5.91 Å². The van der Waals surface area contributed by atoms with Gasteiger partial charge >= 0.3 is 0 Å². The van der Waals surface area contributed by atoms with Gasteiger partial charge in [-0.1, -0.05) is 43.2 Å². The summed E-state index contributed by atoms with van der Waals surface area (Å²) in [5, 5.41) is 2.93. The maximum Gasteiger partial charge on any atom is 0.257 e. The van der Waals surface area contributed by atoms with E-state index in [4.69, 9.17) is 4.74 Å². The van der Waals surface area contributed by atoms with E-state index in [0.717, 1.165) is 30.8 Å². The minimum Gasteiger partial charge on any atom is -0.484 e. The molecule has 144 valence electrons. The van der Waals surface area contributed by atoms with Crippen molar-refractivity contribution in [2.75, 3.05) is 31.1 Å². The highest BCUT2D eigenvalue weighted by Crippen LogP contribution is 2.20. The largest absolute Gasteiger partial charge is 0.484 e. The van der Waals surface area contributed by atoms with Crippen molar-refractivity contribution in [2.24, 2.45) is 0 Å². The summed E-state index contributed by atoms with van der Waals surface area (Å²) in [6.45, 7) is 4.98. The number of carbonyl (C=O) groups excluding carboxylic acids is 1. The van der Waals surface area contributed by atoms with Crippen LogP contribution in [0.25, 0.3) is 0 Å². The van der Waals surface area contributed by atoms with Crippen molar-refractivity contribution < 1.29 is 9.53 Å². The van der Waals surface area contributed by atoms with Crippen molar-refractivity contribution in [1.29, 1.82) is 0 Å². The molecule has 0 aliphatic carbocycles. The molecule has 4 heteroatoms. The molecule has 1 aliphatic rings. The molecule has 1 fully saturated rings. The number of aryl methyl sites for hydroxylation is 1. The summed E-state index contributed by atoms with van der Waals surface area (Å²) < 4.78 is 5.58. The number of hydrogen-bond donors (Lipinski definition) is 1. The predicted molar refractivity (Wildman–Crippen MR) is 111 cm³/mol. The average Bonchev–Trinajstić information content (AvgIpc) is 2.97. The molecule has 27 heavy (non-hydrogen) atoms. The number of ether oxygens (including phenoxy) is 1. The Morgan fingerprint density at radius 2 is 1.70 bits per heavy atom. The molecular weight excluding hydrogens is 336 g/mol. The molecule has 1 saturated heterocycles. The molecule has 0 saturated carbocycles. The van der Waals surface area contributed by atoms with Gasteiger partial charge in [0, 0.05) is 25.3 Å². The van der Waals surface area contributed by atoms with Gasteiger partial charge in [0.15, 0.2) is 6.61 Å². The predicted octanol–water partition coefficient (Wildman–Crippen LogP) is 4.11. The lowest BCUT2D eigenvalue weighted by atomic mass is 10.1. The first-order valence-corrected chi connectivity index (χ1v) is 10.0. The first kappa shape index (κ1) is 19.3. The van der Waals surface area contributed by atoms with Crippen LogP contribution < -0.4 is 15.0 Å². The van der Waals surface area contributed by atoms with Crippen LogP contribution in [0.1, 0.15) is 36.8 Å². The molecule has 0 bridgehead atoms. The lowest BCUT2D eigenvalue weighted by Gasteiger charge is -2.22. The lowest BCUT2D eigenvalue weighted by molar-refractivity contribution is -0.123.